The molecule has 102 valence electrons. The number of nitrogens with zero attached hydrogens (tertiary/aromatic N) is 1. The number of carbonyl (C=O) groups excluding carboxylic acids is 2. The number of amides is 2. The molecule has 5 nitrogen and oxygen atoms in total. The zero-order chi connectivity index (χ0) is 13.8. The predicted molar refractivity (Wildman–Crippen MR) is 76.8 cm³/mol. The smallest absolute Gasteiger partial charge is 0.243 e. The van der Waals surface area contributed by atoms with Gasteiger partial charge in [-0.15, -0.1) is 0 Å². The van der Waals surface area contributed by atoms with Gasteiger partial charge in [-0.3, -0.25) is 9.59 Å². The summed E-state index contributed by atoms with van der Waals surface area (Å²) in [7, 11) is 0. The molecule has 2 N–H and O–H groups in total. The van der Waals surface area contributed by atoms with E-state index in [1.54, 1.807) is 11.8 Å². The SMILES string of the molecule is CC1NCCN(CC(=O)Nc2ccc(Br)cc2)C1=O. The summed E-state index contributed by atoms with van der Waals surface area (Å²) in [5.41, 5.74) is 0.726. The molecule has 1 aromatic rings. The number of rotatable bonds is 3. The number of hydrogen-bond donors (Lipinski definition) is 2. The van der Waals surface area contributed by atoms with Crippen molar-refractivity contribution in [3.05, 3.63) is 28.7 Å². The molecule has 6 heteroatoms. The standard InChI is InChI=1S/C13H16BrN3O2/c1-9-13(19)17(7-6-15-9)8-12(18)16-11-4-2-10(14)3-5-11/h2-5,9,15H,6-8H2,1H3,(H,16,18). The van der Waals surface area contributed by atoms with Crippen LogP contribution < -0.4 is 10.6 Å². The second-order valence-electron chi connectivity index (χ2n) is 4.49. The summed E-state index contributed by atoms with van der Waals surface area (Å²) < 4.78 is 0.955. The van der Waals surface area contributed by atoms with E-state index in [0.29, 0.717) is 6.54 Å². The summed E-state index contributed by atoms with van der Waals surface area (Å²) in [6.45, 7) is 3.19. The lowest BCUT2D eigenvalue weighted by Crippen LogP contribution is -2.55. The van der Waals surface area contributed by atoms with Gasteiger partial charge in [0, 0.05) is 23.2 Å². The number of benzene rings is 1. The van der Waals surface area contributed by atoms with Gasteiger partial charge in [-0.25, -0.2) is 0 Å². The topological polar surface area (TPSA) is 61.4 Å². The van der Waals surface area contributed by atoms with Crippen LogP contribution in [0.5, 0.6) is 0 Å². The highest BCUT2D eigenvalue weighted by atomic mass is 79.9. The first-order chi connectivity index (χ1) is 9.06. The number of hydrogen-bond acceptors (Lipinski definition) is 3. The van der Waals surface area contributed by atoms with Crippen molar-refractivity contribution in [3.63, 3.8) is 0 Å². The Morgan fingerprint density at radius 2 is 2.16 bits per heavy atom. The molecule has 0 saturated carbocycles. The Morgan fingerprint density at radius 1 is 1.47 bits per heavy atom. The Labute approximate surface area is 120 Å². The van der Waals surface area contributed by atoms with Crippen molar-refractivity contribution in [3.8, 4) is 0 Å². The van der Waals surface area contributed by atoms with Gasteiger partial charge in [-0.2, -0.15) is 0 Å². The van der Waals surface area contributed by atoms with E-state index in [-0.39, 0.29) is 24.4 Å². The van der Waals surface area contributed by atoms with Crippen LogP contribution in [0, 0.1) is 0 Å². The van der Waals surface area contributed by atoms with Gasteiger partial charge in [0.15, 0.2) is 0 Å². The molecule has 1 unspecified atom stereocenters. The molecular formula is C13H16BrN3O2. The summed E-state index contributed by atoms with van der Waals surface area (Å²) in [5.74, 6) is -0.207. The average molecular weight is 326 g/mol. The summed E-state index contributed by atoms with van der Waals surface area (Å²) >= 11 is 3.33. The Morgan fingerprint density at radius 3 is 2.84 bits per heavy atom. The van der Waals surface area contributed by atoms with Gasteiger partial charge in [0.2, 0.25) is 11.8 Å². The molecule has 1 saturated heterocycles. The molecule has 0 radical (unpaired) electrons. The van der Waals surface area contributed by atoms with Crippen molar-refractivity contribution in [2.75, 3.05) is 25.0 Å². The van der Waals surface area contributed by atoms with Crippen LogP contribution in [0.15, 0.2) is 28.7 Å². The average Bonchev–Trinajstić information content (AvgIpc) is 2.38. The number of carbonyl (C=O) groups is 2. The molecule has 0 aliphatic carbocycles. The molecule has 1 heterocycles. The molecule has 1 aliphatic heterocycles. The third kappa shape index (κ3) is 3.78. The minimum Gasteiger partial charge on any atom is -0.331 e. The van der Waals surface area contributed by atoms with Gasteiger partial charge in [-0.1, -0.05) is 15.9 Å². The fourth-order valence-electron chi connectivity index (χ4n) is 1.95. The van der Waals surface area contributed by atoms with Crippen LogP contribution in [0.4, 0.5) is 5.69 Å². The number of piperazine rings is 1. The maximum Gasteiger partial charge on any atom is 0.243 e. The molecule has 0 bridgehead atoms. The summed E-state index contributed by atoms with van der Waals surface area (Å²) in [6.07, 6.45) is 0. The Balaban J connectivity index is 1.90. The molecule has 1 fully saturated rings. The second kappa shape index (κ2) is 6.16. The number of nitrogens with one attached hydrogen (secondary N) is 2. The summed E-state index contributed by atoms with van der Waals surface area (Å²) in [5, 5.41) is 5.84. The lowest BCUT2D eigenvalue weighted by atomic mass is 10.2. The van der Waals surface area contributed by atoms with E-state index < -0.39 is 0 Å². The van der Waals surface area contributed by atoms with Crippen LogP contribution in [-0.2, 0) is 9.59 Å². The van der Waals surface area contributed by atoms with Crippen LogP contribution >= 0.6 is 15.9 Å². The first-order valence-electron chi connectivity index (χ1n) is 6.14. The van der Waals surface area contributed by atoms with Crippen LogP contribution in [-0.4, -0.2) is 42.4 Å². The van der Waals surface area contributed by atoms with Crippen molar-refractivity contribution < 1.29 is 9.59 Å². The first kappa shape index (κ1) is 14.0. The van der Waals surface area contributed by atoms with Crippen LogP contribution in [0.1, 0.15) is 6.92 Å². The highest BCUT2D eigenvalue weighted by Gasteiger charge is 2.25. The van der Waals surface area contributed by atoms with E-state index in [1.807, 2.05) is 24.3 Å². The Kier molecular flexibility index (Phi) is 4.55. The normalized spacial score (nSPS) is 19.4. The van der Waals surface area contributed by atoms with Gasteiger partial charge in [0.25, 0.3) is 0 Å². The molecule has 1 atom stereocenters. The van der Waals surface area contributed by atoms with E-state index in [9.17, 15) is 9.59 Å². The minimum atomic E-state index is -0.214. The zero-order valence-electron chi connectivity index (χ0n) is 10.6. The second-order valence-corrected chi connectivity index (χ2v) is 5.41. The van der Waals surface area contributed by atoms with Gasteiger partial charge in [0.05, 0.1) is 12.6 Å². The fourth-order valence-corrected chi connectivity index (χ4v) is 2.22. The number of halogens is 1. The highest BCUT2D eigenvalue weighted by molar-refractivity contribution is 9.10. The van der Waals surface area contributed by atoms with Gasteiger partial charge >= 0.3 is 0 Å². The van der Waals surface area contributed by atoms with E-state index in [2.05, 4.69) is 26.6 Å². The van der Waals surface area contributed by atoms with Crippen molar-refractivity contribution in [1.82, 2.24) is 10.2 Å². The lowest BCUT2D eigenvalue weighted by molar-refractivity contribution is -0.138. The maximum atomic E-state index is 11.9. The monoisotopic (exact) mass is 325 g/mol. The Hall–Kier alpha value is -1.40. The minimum absolute atomic E-state index is 0.0304. The van der Waals surface area contributed by atoms with Gasteiger partial charge in [-0.05, 0) is 31.2 Å². The summed E-state index contributed by atoms with van der Waals surface area (Å²) in [6, 6.07) is 7.12. The maximum absolute atomic E-state index is 11.9. The van der Waals surface area contributed by atoms with Crippen LogP contribution in [0.25, 0.3) is 0 Å². The van der Waals surface area contributed by atoms with Gasteiger partial charge in [0.1, 0.15) is 0 Å². The quantitative estimate of drug-likeness (QED) is 0.878. The van der Waals surface area contributed by atoms with E-state index >= 15 is 0 Å². The molecule has 19 heavy (non-hydrogen) atoms. The predicted octanol–water partition coefficient (Wildman–Crippen LogP) is 1.21. The Bertz CT molecular complexity index is 475. The van der Waals surface area contributed by atoms with Crippen molar-refractivity contribution in [2.24, 2.45) is 0 Å². The van der Waals surface area contributed by atoms with Crippen molar-refractivity contribution >= 4 is 33.4 Å². The van der Waals surface area contributed by atoms with Gasteiger partial charge < -0.3 is 15.5 Å². The molecule has 2 rings (SSSR count). The van der Waals surface area contributed by atoms with Crippen LogP contribution in [0.3, 0.4) is 0 Å². The molecule has 1 aromatic carbocycles. The van der Waals surface area contributed by atoms with E-state index in [0.717, 1.165) is 16.7 Å². The first-order valence-corrected chi connectivity index (χ1v) is 6.93. The molecule has 0 spiro atoms. The third-order valence-electron chi connectivity index (χ3n) is 2.98. The highest BCUT2D eigenvalue weighted by Crippen LogP contribution is 2.14. The molecule has 0 aromatic heterocycles. The molecule has 1 aliphatic rings. The fraction of sp³-hybridized carbons (Fsp3) is 0.385. The van der Waals surface area contributed by atoms with E-state index in [4.69, 9.17) is 0 Å². The molecule has 2 amide bonds. The number of anilines is 1. The van der Waals surface area contributed by atoms with Crippen molar-refractivity contribution in [1.29, 1.82) is 0 Å². The van der Waals surface area contributed by atoms with Crippen molar-refractivity contribution in [2.45, 2.75) is 13.0 Å². The third-order valence-corrected chi connectivity index (χ3v) is 3.51. The van der Waals surface area contributed by atoms with E-state index in [1.165, 1.54) is 0 Å². The van der Waals surface area contributed by atoms with Crippen LogP contribution in [0.2, 0.25) is 0 Å². The lowest BCUT2D eigenvalue weighted by Gasteiger charge is -2.30. The molecular weight excluding hydrogens is 310 g/mol. The summed E-state index contributed by atoms with van der Waals surface area (Å²) in [4.78, 5) is 25.3. The largest absolute Gasteiger partial charge is 0.331 e. The zero-order valence-corrected chi connectivity index (χ0v) is 12.2.